The van der Waals surface area contributed by atoms with Crippen LogP contribution < -0.4 is 4.74 Å². The number of fused-ring (bicyclic) bond motifs is 1. The molecule has 2 N–H and O–H groups in total. The summed E-state index contributed by atoms with van der Waals surface area (Å²) in [5, 5.41) is 28.5. The van der Waals surface area contributed by atoms with Crippen molar-refractivity contribution in [2.75, 3.05) is 7.11 Å². The predicted molar refractivity (Wildman–Crippen MR) is 100 cm³/mol. The number of phenols is 1. The van der Waals surface area contributed by atoms with E-state index in [2.05, 4.69) is 26.2 Å². The molecule has 0 aliphatic rings. The van der Waals surface area contributed by atoms with Crippen LogP contribution >= 0.6 is 15.9 Å². The van der Waals surface area contributed by atoms with E-state index in [0.29, 0.717) is 22.2 Å². The average Bonchev–Trinajstić information content (AvgIpc) is 2.91. The van der Waals surface area contributed by atoms with Crippen molar-refractivity contribution in [3.63, 3.8) is 0 Å². The van der Waals surface area contributed by atoms with Crippen LogP contribution in [0.4, 0.5) is 5.69 Å². The predicted octanol–water partition coefficient (Wildman–Crippen LogP) is 4.77. The second-order valence-corrected chi connectivity index (χ2v) is 6.38. The van der Waals surface area contributed by atoms with E-state index >= 15 is 0 Å². The van der Waals surface area contributed by atoms with Gasteiger partial charge in [0.25, 0.3) is 5.91 Å². The van der Waals surface area contributed by atoms with Crippen LogP contribution in [0.3, 0.4) is 0 Å². The summed E-state index contributed by atoms with van der Waals surface area (Å²) in [4.78, 5) is 12.3. The number of halogens is 1. The van der Waals surface area contributed by atoms with Crippen molar-refractivity contribution in [2.24, 2.45) is 10.2 Å². The molecule has 134 valence electrons. The zero-order valence-corrected chi connectivity index (χ0v) is 15.7. The van der Waals surface area contributed by atoms with Gasteiger partial charge < -0.3 is 19.5 Å². The summed E-state index contributed by atoms with van der Waals surface area (Å²) < 4.78 is 7.50. The van der Waals surface area contributed by atoms with Gasteiger partial charge in [-0.3, -0.25) is 4.79 Å². The van der Waals surface area contributed by atoms with Gasteiger partial charge in [0.15, 0.2) is 5.69 Å². The van der Waals surface area contributed by atoms with Gasteiger partial charge in [0.1, 0.15) is 11.5 Å². The van der Waals surface area contributed by atoms with Gasteiger partial charge in [-0.25, -0.2) is 0 Å². The molecule has 3 rings (SSSR count). The van der Waals surface area contributed by atoms with Gasteiger partial charge in [0.2, 0.25) is 5.88 Å². The lowest BCUT2D eigenvalue weighted by Gasteiger charge is -2.02. The minimum Gasteiger partial charge on any atom is -0.507 e. The molecule has 0 fully saturated rings. The Morgan fingerprint density at radius 1 is 1.23 bits per heavy atom. The number of hydrogen-bond acceptors (Lipinski definition) is 5. The molecule has 0 saturated carbocycles. The minimum absolute atomic E-state index is 0.0134. The Morgan fingerprint density at radius 3 is 2.69 bits per heavy atom. The van der Waals surface area contributed by atoms with Gasteiger partial charge >= 0.3 is 0 Å². The second-order valence-electron chi connectivity index (χ2n) is 5.47. The molecule has 26 heavy (non-hydrogen) atoms. The maximum atomic E-state index is 12.3. The Hall–Kier alpha value is -2.87. The molecule has 3 aromatic rings. The smallest absolute Gasteiger partial charge is 0.299 e. The van der Waals surface area contributed by atoms with Crippen LogP contribution in [0.25, 0.3) is 10.9 Å². The number of aromatic nitrogens is 1. The third-order valence-electron chi connectivity index (χ3n) is 3.96. The maximum absolute atomic E-state index is 12.3. The number of hydrogen-bond donors (Lipinski definition) is 2. The molecule has 7 nitrogen and oxygen atoms in total. The highest BCUT2D eigenvalue weighted by Gasteiger charge is 2.18. The van der Waals surface area contributed by atoms with E-state index in [0.717, 1.165) is 5.52 Å². The summed E-state index contributed by atoms with van der Waals surface area (Å²) in [5.74, 6) is -0.411. The SMILES string of the molecule is CCn1c(O)c(N=NC(=O)c2cc(Br)ccc2O)c2cc(OC)ccc21. The molecular weight excluding hydrogens is 402 g/mol. The fourth-order valence-electron chi connectivity index (χ4n) is 2.68. The van der Waals surface area contributed by atoms with Gasteiger partial charge in [0.05, 0.1) is 18.2 Å². The summed E-state index contributed by atoms with van der Waals surface area (Å²) in [6.07, 6.45) is 0. The Labute approximate surface area is 157 Å². The number of methoxy groups -OCH3 is 1. The van der Waals surface area contributed by atoms with Crippen LogP contribution in [0.5, 0.6) is 17.4 Å². The number of rotatable bonds is 4. The molecule has 8 heteroatoms. The molecular formula is C18H16BrN3O4. The Bertz CT molecular complexity index is 1030. The first kappa shape index (κ1) is 17.9. The fraction of sp³-hybridized carbons (Fsp3) is 0.167. The Balaban J connectivity index is 2.07. The largest absolute Gasteiger partial charge is 0.507 e. The standard InChI is InChI=1S/C18H16BrN3O4/c1-3-22-14-6-5-11(26-2)9-12(14)16(18(22)25)20-21-17(24)13-8-10(19)4-7-15(13)23/h4-9,23,25H,3H2,1-2H3. The van der Waals surface area contributed by atoms with Crippen molar-refractivity contribution < 1.29 is 19.7 Å². The van der Waals surface area contributed by atoms with Gasteiger partial charge in [-0.2, -0.15) is 0 Å². The van der Waals surface area contributed by atoms with Crippen LogP contribution in [0.2, 0.25) is 0 Å². The van der Waals surface area contributed by atoms with E-state index < -0.39 is 5.91 Å². The summed E-state index contributed by atoms with van der Waals surface area (Å²) in [5.41, 5.74) is 0.931. The minimum atomic E-state index is -0.719. The van der Waals surface area contributed by atoms with Crippen molar-refractivity contribution in [1.82, 2.24) is 4.57 Å². The number of benzene rings is 2. The third-order valence-corrected chi connectivity index (χ3v) is 4.46. The zero-order chi connectivity index (χ0) is 18.8. The highest BCUT2D eigenvalue weighted by molar-refractivity contribution is 9.10. The van der Waals surface area contributed by atoms with Crippen molar-refractivity contribution in [1.29, 1.82) is 0 Å². The van der Waals surface area contributed by atoms with Crippen molar-refractivity contribution in [3.8, 4) is 17.4 Å². The Kier molecular flexibility index (Phi) is 4.94. The third kappa shape index (κ3) is 3.15. The number of phenolic OH excluding ortho intramolecular Hbond substituents is 1. The summed E-state index contributed by atoms with van der Waals surface area (Å²) >= 11 is 3.24. The normalized spacial score (nSPS) is 11.3. The first-order chi connectivity index (χ1) is 12.5. The lowest BCUT2D eigenvalue weighted by Crippen LogP contribution is -1.94. The van der Waals surface area contributed by atoms with E-state index in [9.17, 15) is 15.0 Å². The number of carbonyl (C=O) groups is 1. The van der Waals surface area contributed by atoms with Crippen molar-refractivity contribution >= 4 is 38.4 Å². The molecule has 0 saturated heterocycles. The molecule has 0 unspecified atom stereocenters. The van der Waals surface area contributed by atoms with Crippen LogP contribution in [0.1, 0.15) is 17.3 Å². The van der Waals surface area contributed by atoms with Gasteiger partial charge in [-0.15, -0.1) is 10.2 Å². The number of nitrogens with zero attached hydrogens (tertiary/aromatic N) is 3. The molecule has 0 aliphatic carbocycles. The number of amides is 1. The fourth-order valence-corrected chi connectivity index (χ4v) is 3.04. The van der Waals surface area contributed by atoms with E-state index in [-0.39, 0.29) is 22.9 Å². The van der Waals surface area contributed by atoms with Crippen molar-refractivity contribution in [3.05, 3.63) is 46.4 Å². The lowest BCUT2D eigenvalue weighted by molar-refractivity contribution is 0.0992. The molecule has 1 amide bonds. The lowest BCUT2D eigenvalue weighted by atomic mass is 10.2. The van der Waals surface area contributed by atoms with Gasteiger partial charge in [-0.05, 0) is 43.3 Å². The summed E-state index contributed by atoms with van der Waals surface area (Å²) in [6, 6.07) is 9.75. The number of azo groups is 1. The number of carbonyl (C=O) groups excluding carboxylic acids is 1. The topological polar surface area (TPSA) is 96.4 Å². The van der Waals surface area contributed by atoms with Crippen LogP contribution in [-0.2, 0) is 6.54 Å². The van der Waals surface area contributed by atoms with Crippen LogP contribution in [-0.4, -0.2) is 27.8 Å². The van der Waals surface area contributed by atoms with Crippen LogP contribution in [0.15, 0.2) is 51.1 Å². The van der Waals surface area contributed by atoms with E-state index in [1.807, 2.05) is 6.92 Å². The molecule has 1 heterocycles. The number of aromatic hydroxyl groups is 2. The zero-order valence-electron chi connectivity index (χ0n) is 14.1. The summed E-state index contributed by atoms with van der Waals surface area (Å²) in [6.45, 7) is 2.40. The summed E-state index contributed by atoms with van der Waals surface area (Å²) in [7, 11) is 1.54. The molecule has 0 aliphatic heterocycles. The molecule has 0 radical (unpaired) electrons. The molecule has 2 aromatic carbocycles. The molecule has 1 aromatic heterocycles. The van der Waals surface area contributed by atoms with Crippen molar-refractivity contribution in [2.45, 2.75) is 13.5 Å². The van der Waals surface area contributed by atoms with Crippen LogP contribution in [0, 0.1) is 0 Å². The monoisotopic (exact) mass is 417 g/mol. The van der Waals surface area contributed by atoms with E-state index in [1.54, 1.807) is 35.9 Å². The first-order valence-corrected chi connectivity index (χ1v) is 8.59. The Morgan fingerprint density at radius 2 is 2.00 bits per heavy atom. The number of aryl methyl sites for hydroxylation is 1. The average molecular weight is 418 g/mol. The highest BCUT2D eigenvalue weighted by atomic mass is 79.9. The maximum Gasteiger partial charge on any atom is 0.299 e. The molecule has 0 bridgehead atoms. The molecule has 0 spiro atoms. The van der Waals surface area contributed by atoms with Gasteiger partial charge in [-0.1, -0.05) is 15.9 Å². The van der Waals surface area contributed by atoms with Gasteiger partial charge in [0, 0.05) is 16.4 Å². The van der Waals surface area contributed by atoms with E-state index in [4.69, 9.17) is 4.74 Å². The first-order valence-electron chi connectivity index (χ1n) is 7.80. The van der Waals surface area contributed by atoms with E-state index in [1.165, 1.54) is 12.1 Å². The molecule has 0 atom stereocenters. The quantitative estimate of drug-likeness (QED) is 0.597. The second kappa shape index (κ2) is 7.17. The number of ether oxygens (including phenoxy) is 1. The highest BCUT2D eigenvalue weighted by Crippen LogP contribution is 2.40.